The lowest BCUT2D eigenvalue weighted by atomic mass is 9.96. The van der Waals surface area contributed by atoms with Crippen molar-refractivity contribution in [3.63, 3.8) is 0 Å². The molecule has 0 bridgehead atoms. The number of phenolic OH excluding ortho intramolecular Hbond substituents is 1. The highest BCUT2D eigenvalue weighted by Gasteiger charge is 2.15. The van der Waals surface area contributed by atoms with Gasteiger partial charge in [0.25, 0.3) is 5.56 Å². The Balaban J connectivity index is 2.19. The Hall–Kier alpha value is -2.63. The number of H-pyrrole nitrogens is 1. The summed E-state index contributed by atoms with van der Waals surface area (Å²) >= 11 is 1.40. The molecule has 4 aromatic rings. The van der Waals surface area contributed by atoms with Crippen LogP contribution in [0.1, 0.15) is 5.56 Å². The number of thiophene rings is 1. The molecule has 0 amide bonds. The number of aromatic hydroxyl groups is 1. The largest absolute Gasteiger partial charge is 0.507 e. The van der Waals surface area contributed by atoms with Crippen LogP contribution in [0.2, 0.25) is 0 Å². The number of fused-ring (bicyclic) bond motifs is 3. The minimum Gasteiger partial charge on any atom is -0.507 e. The number of aromatic nitrogens is 1. The van der Waals surface area contributed by atoms with Crippen molar-refractivity contribution in [3.05, 3.63) is 63.8 Å². The zero-order valence-electron chi connectivity index (χ0n) is 12.2. The van der Waals surface area contributed by atoms with Gasteiger partial charge in [0.05, 0.1) is 0 Å². The van der Waals surface area contributed by atoms with Crippen LogP contribution in [0.3, 0.4) is 0 Å². The van der Waals surface area contributed by atoms with Crippen molar-refractivity contribution in [1.29, 1.82) is 0 Å². The van der Waals surface area contributed by atoms with Crippen LogP contribution >= 0.6 is 11.3 Å². The normalized spacial score (nSPS) is 11.3. The van der Waals surface area contributed by atoms with Crippen LogP contribution < -0.4 is 11.3 Å². The number of aromatic amines is 1. The summed E-state index contributed by atoms with van der Waals surface area (Å²) < 4.78 is 0.666. The highest BCUT2D eigenvalue weighted by molar-refractivity contribution is 7.17. The van der Waals surface area contributed by atoms with E-state index >= 15 is 0 Å². The molecule has 0 unspecified atom stereocenters. The molecule has 0 fully saturated rings. The van der Waals surface area contributed by atoms with Crippen molar-refractivity contribution in [2.45, 2.75) is 6.54 Å². The molecule has 2 heterocycles. The van der Waals surface area contributed by atoms with Gasteiger partial charge < -0.3 is 15.8 Å². The van der Waals surface area contributed by atoms with Crippen LogP contribution in [-0.2, 0) is 6.54 Å². The predicted octanol–water partition coefficient (Wildman–Crippen LogP) is 3.57. The number of hydrogen-bond acceptors (Lipinski definition) is 4. The van der Waals surface area contributed by atoms with Gasteiger partial charge in [-0.05, 0) is 40.8 Å². The topological polar surface area (TPSA) is 79.1 Å². The molecule has 4 nitrogen and oxygen atoms in total. The molecule has 5 heteroatoms. The molecule has 0 radical (unpaired) electrons. The summed E-state index contributed by atoms with van der Waals surface area (Å²) in [6, 6.07) is 13.1. The Morgan fingerprint density at radius 3 is 2.87 bits per heavy atom. The minimum absolute atomic E-state index is 0.102. The monoisotopic (exact) mass is 322 g/mol. The molecular formula is C18H14N2O2S. The summed E-state index contributed by atoms with van der Waals surface area (Å²) in [7, 11) is 0. The summed E-state index contributed by atoms with van der Waals surface area (Å²) in [6.45, 7) is 0.435. The van der Waals surface area contributed by atoms with Crippen LogP contribution in [-0.4, -0.2) is 10.1 Å². The molecular weight excluding hydrogens is 308 g/mol. The van der Waals surface area contributed by atoms with Gasteiger partial charge >= 0.3 is 0 Å². The van der Waals surface area contributed by atoms with Gasteiger partial charge in [-0.1, -0.05) is 18.2 Å². The van der Waals surface area contributed by atoms with Crippen molar-refractivity contribution in [1.82, 2.24) is 4.98 Å². The van der Waals surface area contributed by atoms with Gasteiger partial charge in [-0.3, -0.25) is 4.79 Å². The fraction of sp³-hybridized carbons (Fsp3) is 0.0556. The second-order valence-corrected chi connectivity index (χ2v) is 6.32. The van der Waals surface area contributed by atoms with E-state index in [0.717, 1.165) is 27.5 Å². The van der Waals surface area contributed by atoms with Crippen LogP contribution in [0.25, 0.3) is 32.1 Å². The Bertz CT molecular complexity index is 1100. The summed E-state index contributed by atoms with van der Waals surface area (Å²) in [5.74, 6) is 0.186. The van der Waals surface area contributed by atoms with Crippen molar-refractivity contribution in [2.75, 3.05) is 0 Å². The highest BCUT2D eigenvalue weighted by Crippen LogP contribution is 2.39. The molecule has 4 N–H and O–H groups in total. The summed E-state index contributed by atoms with van der Waals surface area (Å²) in [6.07, 6.45) is 0. The standard InChI is InChI=1S/C18H14N2O2S/c19-9-10-2-1-3-11(8-10)15-14(21)5-4-13-16(15)12-6-7-23-17(12)18(22)20-13/h1-8,21H,9,19H2,(H,20,22). The average Bonchev–Trinajstić information content (AvgIpc) is 3.06. The van der Waals surface area contributed by atoms with Gasteiger partial charge in [0.2, 0.25) is 0 Å². The van der Waals surface area contributed by atoms with Crippen molar-refractivity contribution in [3.8, 4) is 16.9 Å². The van der Waals surface area contributed by atoms with E-state index in [4.69, 9.17) is 5.73 Å². The maximum absolute atomic E-state index is 12.2. The van der Waals surface area contributed by atoms with E-state index in [1.807, 2.05) is 35.7 Å². The highest BCUT2D eigenvalue weighted by atomic mass is 32.1. The Kier molecular flexibility index (Phi) is 3.18. The van der Waals surface area contributed by atoms with E-state index in [9.17, 15) is 9.90 Å². The molecule has 0 spiro atoms. The second kappa shape index (κ2) is 5.22. The number of nitrogens with two attached hydrogens (primary N) is 1. The van der Waals surface area contributed by atoms with E-state index in [1.54, 1.807) is 12.1 Å². The smallest absolute Gasteiger partial charge is 0.266 e. The Morgan fingerprint density at radius 1 is 1.17 bits per heavy atom. The lowest BCUT2D eigenvalue weighted by Gasteiger charge is -2.11. The number of hydrogen-bond donors (Lipinski definition) is 3. The van der Waals surface area contributed by atoms with Crippen LogP contribution in [0.4, 0.5) is 0 Å². The van der Waals surface area contributed by atoms with Crippen molar-refractivity contribution in [2.24, 2.45) is 5.73 Å². The maximum Gasteiger partial charge on any atom is 0.266 e. The molecule has 0 saturated carbocycles. The number of rotatable bonds is 2. The third-order valence-electron chi connectivity index (χ3n) is 4.02. The van der Waals surface area contributed by atoms with E-state index in [0.29, 0.717) is 16.8 Å². The van der Waals surface area contributed by atoms with Crippen molar-refractivity contribution < 1.29 is 5.11 Å². The molecule has 2 aromatic carbocycles. The first-order valence-electron chi connectivity index (χ1n) is 7.23. The van der Waals surface area contributed by atoms with Gasteiger partial charge in [0, 0.05) is 28.4 Å². The summed E-state index contributed by atoms with van der Waals surface area (Å²) in [5.41, 5.74) is 8.94. The maximum atomic E-state index is 12.2. The van der Waals surface area contributed by atoms with Crippen LogP contribution in [0.5, 0.6) is 5.75 Å². The van der Waals surface area contributed by atoms with Gasteiger partial charge in [-0.25, -0.2) is 0 Å². The zero-order valence-corrected chi connectivity index (χ0v) is 13.0. The van der Waals surface area contributed by atoms with E-state index in [2.05, 4.69) is 4.98 Å². The molecule has 114 valence electrons. The lowest BCUT2D eigenvalue weighted by Crippen LogP contribution is -2.04. The first kappa shape index (κ1) is 14.0. The minimum atomic E-state index is -0.102. The first-order valence-corrected chi connectivity index (χ1v) is 8.11. The lowest BCUT2D eigenvalue weighted by molar-refractivity contribution is 0.478. The summed E-state index contributed by atoms with van der Waals surface area (Å²) in [5, 5.41) is 14.1. The van der Waals surface area contributed by atoms with Gasteiger partial charge in [-0.15, -0.1) is 11.3 Å². The fourth-order valence-corrected chi connectivity index (χ4v) is 3.78. The van der Waals surface area contributed by atoms with Gasteiger partial charge in [0.15, 0.2) is 0 Å². The number of pyridine rings is 1. The Labute approximate surface area is 135 Å². The first-order chi connectivity index (χ1) is 11.2. The molecule has 0 aliphatic carbocycles. The molecule has 0 saturated heterocycles. The van der Waals surface area contributed by atoms with Crippen LogP contribution in [0, 0.1) is 0 Å². The molecule has 0 aliphatic heterocycles. The van der Waals surface area contributed by atoms with E-state index < -0.39 is 0 Å². The third-order valence-corrected chi connectivity index (χ3v) is 4.94. The molecule has 0 aliphatic rings. The van der Waals surface area contributed by atoms with Crippen molar-refractivity contribution >= 4 is 32.3 Å². The van der Waals surface area contributed by atoms with E-state index in [-0.39, 0.29) is 11.3 Å². The van der Waals surface area contributed by atoms with Crippen LogP contribution in [0.15, 0.2) is 52.6 Å². The molecule has 23 heavy (non-hydrogen) atoms. The number of nitrogens with one attached hydrogen (secondary N) is 1. The Morgan fingerprint density at radius 2 is 2.04 bits per heavy atom. The SMILES string of the molecule is NCc1cccc(-c2c(O)ccc3[nH]c(=O)c4sccc4c23)c1. The predicted molar refractivity (Wildman–Crippen MR) is 94.9 cm³/mol. The molecule has 0 atom stereocenters. The van der Waals surface area contributed by atoms with E-state index in [1.165, 1.54) is 11.3 Å². The van der Waals surface area contributed by atoms with Gasteiger partial charge in [-0.2, -0.15) is 0 Å². The second-order valence-electron chi connectivity index (χ2n) is 5.40. The third kappa shape index (κ3) is 2.13. The zero-order chi connectivity index (χ0) is 16.0. The number of benzene rings is 2. The van der Waals surface area contributed by atoms with Gasteiger partial charge in [0.1, 0.15) is 10.4 Å². The molecule has 2 aromatic heterocycles. The molecule has 4 rings (SSSR count). The number of phenols is 1. The summed E-state index contributed by atoms with van der Waals surface area (Å²) in [4.78, 5) is 15.1. The average molecular weight is 322 g/mol. The quantitative estimate of drug-likeness (QED) is 0.528. The fourth-order valence-electron chi connectivity index (χ4n) is 2.98.